The molecule has 3 fully saturated rings. The highest BCUT2D eigenvalue weighted by molar-refractivity contribution is 5.82. The van der Waals surface area contributed by atoms with Crippen LogP contribution in [-0.4, -0.2) is 74.4 Å². The molecular formula is C27H36FN5O2. The molecule has 1 aromatic carbocycles. The molecule has 2 atom stereocenters. The normalized spacial score (nSPS) is 27.1. The second-order valence-electron chi connectivity index (χ2n) is 9.94. The second-order valence-corrected chi connectivity index (χ2v) is 9.94. The zero-order chi connectivity index (χ0) is 24.7. The highest BCUT2D eigenvalue weighted by Crippen LogP contribution is 2.38. The predicted octanol–water partition coefficient (Wildman–Crippen LogP) is 4.22. The highest BCUT2D eigenvalue weighted by atomic mass is 19.1. The first-order valence-corrected chi connectivity index (χ1v) is 12.9. The van der Waals surface area contributed by atoms with E-state index in [2.05, 4.69) is 39.0 Å². The lowest BCUT2D eigenvalue weighted by Crippen LogP contribution is -2.54. The number of piperidine rings is 1. The summed E-state index contributed by atoms with van der Waals surface area (Å²) in [5.41, 5.74) is 4.07. The molecule has 0 amide bonds. The molecule has 1 N–H and O–H groups in total. The average molecular weight is 482 g/mol. The van der Waals surface area contributed by atoms with Crippen LogP contribution >= 0.6 is 0 Å². The molecule has 8 heteroatoms. The van der Waals surface area contributed by atoms with Crippen molar-refractivity contribution in [3.05, 3.63) is 47.0 Å². The van der Waals surface area contributed by atoms with Crippen molar-refractivity contribution in [3.63, 3.8) is 0 Å². The number of halogens is 1. The summed E-state index contributed by atoms with van der Waals surface area (Å²) in [4.78, 5) is 11.5. The molecule has 1 saturated carbocycles. The third-order valence-electron chi connectivity index (χ3n) is 7.66. The van der Waals surface area contributed by atoms with E-state index in [-0.39, 0.29) is 17.9 Å². The maximum Gasteiger partial charge on any atom is 0.157 e. The largest absolute Gasteiger partial charge is 0.393 e. The average Bonchev–Trinajstić information content (AvgIpc) is 3.19. The molecule has 3 aromatic rings. The summed E-state index contributed by atoms with van der Waals surface area (Å²) in [6.45, 7) is 10.8. The van der Waals surface area contributed by atoms with Crippen molar-refractivity contribution in [1.82, 2.24) is 24.6 Å². The Balaban J connectivity index is 0.00000124. The molecule has 2 saturated heterocycles. The Bertz CT molecular complexity index is 1190. The number of aliphatic hydroxyl groups is 1. The van der Waals surface area contributed by atoms with E-state index in [0.29, 0.717) is 18.4 Å². The lowest BCUT2D eigenvalue weighted by Gasteiger charge is -2.43. The summed E-state index contributed by atoms with van der Waals surface area (Å²) in [6.07, 6.45) is 3.00. The summed E-state index contributed by atoms with van der Waals surface area (Å²) >= 11 is 0. The maximum atomic E-state index is 15.4. The molecule has 0 spiro atoms. The van der Waals surface area contributed by atoms with E-state index < -0.39 is 6.17 Å². The Hall–Kier alpha value is -2.42. The number of aliphatic hydroxyl groups excluding tert-OH is 1. The Morgan fingerprint density at radius 1 is 1.09 bits per heavy atom. The molecule has 188 valence electrons. The highest BCUT2D eigenvalue weighted by Gasteiger charge is 2.36. The molecule has 7 nitrogen and oxygen atoms in total. The van der Waals surface area contributed by atoms with Crippen molar-refractivity contribution in [2.45, 2.75) is 77.1 Å². The van der Waals surface area contributed by atoms with Gasteiger partial charge in [-0.15, -0.1) is 0 Å². The Kier molecular flexibility index (Phi) is 6.88. The molecule has 0 radical (unpaired) electrons. The zero-order valence-corrected chi connectivity index (χ0v) is 21.1. The van der Waals surface area contributed by atoms with Crippen molar-refractivity contribution >= 4 is 10.9 Å². The minimum atomic E-state index is -0.898. The molecule has 35 heavy (non-hydrogen) atoms. The number of ether oxygens (including phenoxy) is 1. The van der Waals surface area contributed by atoms with Gasteiger partial charge in [0.25, 0.3) is 0 Å². The van der Waals surface area contributed by atoms with E-state index in [1.807, 2.05) is 37.7 Å². The van der Waals surface area contributed by atoms with Crippen LogP contribution in [0.4, 0.5) is 4.39 Å². The number of benzene rings is 1. The van der Waals surface area contributed by atoms with Crippen LogP contribution in [0.15, 0.2) is 24.4 Å². The Morgan fingerprint density at radius 3 is 2.51 bits per heavy atom. The van der Waals surface area contributed by atoms with Gasteiger partial charge in [0, 0.05) is 35.5 Å². The predicted molar refractivity (Wildman–Crippen MR) is 134 cm³/mol. The first-order valence-electron chi connectivity index (χ1n) is 12.9. The summed E-state index contributed by atoms with van der Waals surface area (Å²) < 4.78 is 22.5. The number of alkyl halides is 1. The van der Waals surface area contributed by atoms with Gasteiger partial charge in [-0.1, -0.05) is 13.8 Å². The lowest BCUT2D eigenvalue weighted by molar-refractivity contribution is -0.0807. The van der Waals surface area contributed by atoms with Crippen molar-refractivity contribution in [2.75, 3.05) is 26.3 Å². The van der Waals surface area contributed by atoms with E-state index in [4.69, 9.17) is 4.74 Å². The summed E-state index contributed by atoms with van der Waals surface area (Å²) in [7, 11) is 0. The fourth-order valence-corrected chi connectivity index (χ4v) is 5.55. The van der Waals surface area contributed by atoms with Crippen LogP contribution in [0.5, 0.6) is 0 Å². The van der Waals surface area contributed by atoms with Gasteiger partial charge >= 0.3 is 0 Å². The smallest absolute Gasteiger partial charge is 0.157 e. The van der Waals surface area contributed by atoms with Gasteiger partial charge in [-0.25, -0.2) is 19.0 Å². The first kappa shape index (κ1) is 24.3. The number of likely N-dealkylation sites (tertiary alicyclic amines) is 1. The molecule has 0 bridgehead atoms. The summed E-state index contributed by atoms with van der Waals surface area (Å²) in [6, 6.07) is 6.58. The fraction of sp³-hybridized carbons (Fsp3) is 0.593. The molecule has 3 aliphatic rings. The number of nitrogens with zero attached hydrogens (tertiary/aromatic N) is 5. The molecule has 1 aliphatic carbocycles. The van der Waals surface area contributed by atoms with Crippen molar-refractivity contribution in [3.8, 4) is 5.82 Å². The van der Waals surface area contributed by atoms with Crippen LogP contribution in [-0.2, 0) is 4.74 Å². The minimum absolute atomic E-state index is 0.117. The number of aromatic nitrogens is 4. The van der Waals surface area contributed by atoms with Crippen LogP contribution in [0.1, 0.15) is 67.6 Å². The van der Waals surface area contributed by atoms with E-state index in [0.717, 1.165) is 72.6 Å². The molecular weight excluding hydrogens is 445 g/mol. The van der Waals surface area contributed by atoms with E-state index in [1.165, 1.54) is 0 Å². The van der Waals surface area contributed by atoms with Gasteiger partial charge in [-0.3, -0.25) is 4.90 Å². The number of rotatable bonds is 4. The van der Waals surface area contributed by atoms with Gasteiger partial charge in [0.1, 0.15) is 12.0 Å². The second kappa shape index (κ2) is 9.91. The standard InChI is InChI=1S/C25H30FN5O2.C2H6/c1-14-5-17-10-27-31(25-9-23(28-15(2)29-25)16-6-19(32)7-16)24(17)8-21(14)20-3-4-30(11-22(20)26)18-12-33-13-18;1-2/h5,8-10,16,18-20,22,32H,3-4,6-7,11-13H2,1-2H3;1-2H3. The first-order chi connectivity index (χ1) is 17.0. The van der Waals surface area contributed by atoms with Gasteiger partial charge in [-0.2, -0.15) is 5.10 Å². The third kappa shape index (κ3) is 4.59. The topological polar surface area (TPSA) is 76.3 Å². The van der Waals surface area contributed by atoms with E-state index in [1.54, 1.807) is 0 Å². The van der Waals surface area contributed by atoms with Gasteiger partial charge in [0.15, 0.2) is 5.82 Å². The van der Waals surface area contributed by atoms with Gasteiger partial charge < -0.3 is 9.84 Å². The third-order valence-corrected chi connectivity index (χ3v) is 7.66. The summed E-state index contributed by atoms with van der Waals surface area (Å²) in [5, 5.41) is 15.4. The number of fused-ring (bicyclic) bond motifs is 1. The fourth-order valence-electron chi connectivity index (χ4n) is 5.55. The molecule has 6 rings (SSSR count). The molecule has 2 aromatic heterocycles. The van der Waals surface area contributed by atoms with Crippen LogP contribution in [0.3, 0.4) is 0 Å². The maximum absolute atomic E-state index is 15.4. The number of aryl methyl sites for hydroxylation is 2. The van der Waals surface area contributed by atoms with Crippen LogP contribution in [0, 0.1) is 13.8 Å². The van der Waals surface area contributed by atoms with E-state index >= 15 is 4.39 Å². The van der Waals surface area contributed by atoms with Gasteiger partial charge in [0.2, 0.25) is 0 Å². The van der Waals surface area contributed by atoms with Crippen molar-refractivity contribution < 1.29 is 14.2 Å². The van der Waals surface area contributed by atoms with Gasteiger partial charge in [0.05, 0.1) is 37.1 Å². The van der Waals surface area contributed by atoms with E-state index in [9.17, 15) is 5.11 Å². The Morgan fingerprint density at radius 2 is 1.86 bits per heavy atom. The van der Waals surface area contributed by atoms with Crippen LogP contribution in [0.25, 0.3) is 16.7 Å². The number of hydrogen-bond donors (Lipinski definition) is 1. The molecule has 4 heterocycles. The van der Waals surface area contributed by atoms with Crippen LogP contribution < -0.4 is 0 Å². The summed E-state index contributed by atoms with van der Waals surface area (Å²) in [5.74, 6) is 1.56. The van der Waals surface area contributed by atoms with Crippen molar-refractivity contribution in [1.29, 1.82) is 0 Å². The SMILES string of the molecule is CC.Cc1nc(C2CC(O)C2)cc(-n2ncc3cc(C)c(C4CCN(C5COC5)CC4F)cc32)n1. The van der Waals surface area contributed by atoms with Gasteiger partial charge in [-0.05, 0) is 62.9 Å². The minimum Gasteiger partial charge on any atom is -0.393 e. The lowest BCUT2D eigenvalue weighted by atomic mass is 9.80. The van der Waals surface area contributed by atoms with Crippen LogP contribution in [0.2, 0.25) is 0 Å². The monoisotopic (exact) mass is 481 g/mol. The Labute approximate surface area is 206 Å². The van der Waals surface area contributed by atoms with Crippen molar-refractivity contribution in [2.24, 2.45) is 0 Å². The zero-order valence-electron chi connectivity index (χ0n) is 21.1. The molecule has 2 unspecified atom stereocenters. The number of hydrogen-bond acceptors (Lipinski definition) is 6. The quantitative estimate of drug-likeness (QED) is 0.601. The molecule has 2 aliphatic heterocycles.